The summed E-state index contributed by atoms with van der Waals surface area (Å²) < 4.78 is 156. The van der Waals surface area contributed by atoms with Crippen molar-refractivity contribution >= 4 is 47.8 Å². The minimum absolute atomic E-state index is 0.329. The summed E-state index contributed by atoms with van der Waals surface area (Å²) in [6, 6.07) is 20.2. The highest BCUT2D eigenvalue weighted by atomic mass is 32.2. The van der Waals surface area contributed by atoms with Crippen molar-refractivity contribution in [3.8, 4) is 0 Å². The number of aliphatic hydroxyl groups excluding tert-OH is 2. The van der Waals surface area contributed by atoms with Gasteiger partial charge in [0, 0.05) is 42.5 Å². The van der Waals surface area contributed by atoms with Crippen LogP contribution in [0.5, 0.6) is 0 Å². The maximum Gasteiger partial charge on any atom is 0.396 e. The zero-order valence-corrected chi connectivity index (χ0v) is 29.3. The zero-order valence-electron chi connectivity index (χ0n) is 26.0. The molecule has 49 heavy (non-hydrogen) atoms. The number of ketones is 1. The average molecular weight is 797 g/mol. The van der Waals surface area contributed by atoms with E-state index in [1.807, 2.05) is 30.3 Å². The van der Waals surface area contributed by atoms with Crippen LogP contribution in [0.25, 0.3) is 0 Å². The molecule has 1 aliphatic heterocycles. The Hall–Kier alpha value is -2.01. The number of Topliss-reactive ketones (excluding diaryl/α,β-unsaturated/α-hetero) is 1. The van der Waals surface area contributed by atoms with Gasteiger partial charge in [0.05, 0.1) is 0 Å². The van der Waals surface area contributed by atoms with Crippen molar-refractivity contribution in [1.82, 2.24) is 0 Å². The summed E-state index contributed by atoms with van der Waals surface area (Å²) >= 11 is 0. The molecule has 1 heterocycles. The fourth-order valence-electron chi connectivity index (χ4n) is 3.38. The molecule has 1 saturated heterocycles. The quantitative estimate of drug-likeness (QED) is 0.136. The first-order chi connectivity index (χ1) is 22.3. The number of hydrogen-bond donors (Lipinski definition) is 2. The van der Waals surface area contributed by atoms with E-state index >= 15 is 0 Å². The third-order valence-electron chi connectivity index (χ3n) is 6.09. The lowest BCUT2D eigenvalue weighted by Crippen LogP contribution is -2.47. The molecule has 282 valence electrons. The largest absolute Gasteiger partial charge is 0.743 e. The lowest BCUT2D eigenvalue weighted by Gasteiger charge is -2.27. The fourth-order valence-corrected chi connectivity index (χ4v) is 7.27. The summed E-state index contributed by atoms with van der Waals surface area (Å²) in [7, 11) is -12.0. The van der Waals surface area contributed by atoms with E-state index in [-0.39, 0.29) is 0 Å². The molecule has 1 aliphatic rings. The topological polar surface area (TPSA) is 172 Å². The number of hydrogen-bond acceptors (Lipinski definition) is 9. The predicted molar refractivity (Wildman–Crippen MR) is 168 cm³/mol. The van der Waals surface area contributed by atoms with Gasteiger partial charge in [0.25, 0.3) is 0 Å². The number of alkyl halides is 8. The molecule has 0 radical (unpaired) electrons. The van der Waals surface area contributed by atoms with E-state index in [1.165, 1.54) is 29.2 Å². The van der Waals surface area contributed by atoms with Crippen molar-refractivity contribution in [2.24, 2.45) is 0 Å². The Morgan fingerprint density at radius 2 is 1.06 bits per heavy atom. The molecule has 0 atom stereocenters. The predicted octanol–water partition coefficient (Wildman–Crippen LogP) is 4.49. The molecular formula is C28H36F8O9S4. The average Bonchev–Trinajstić information content (AvgIpc) is 3.51. The Labute approximate surface area is 285 Å². The number of aliphatic hydroxyl groups is 2. The van der Waals surface area contributed by atoms with E-state index in [0.29, 0.717) is 27.6 Å². The van der Waals surface area contributed by atoms with E-state index < -0.39 is 68.6 Å². The summed E-state index contributed by atoms with van der Waals surface area (Å²) in [4.78, 5) is 13.2. The molecule has 2 N–H and O–H groups in total. The molecule has 0 aliphatic carbocycles. The monoisotopic (exact) mass is 796 g/mol. The summed E-state index contributed by atoms with van der Waals surface area (Å²) in [5.74, 6) is -6.44. The number of carbonyl (C=O) groups is 1. The molecule has 3 rings (SSSR count). The van der Waals surface area contributed by atoms with Gasteiger partial charge in [0.1, 0.15) is 24.0 Å². The molecule has 0 bridgehead atoms. The Kier molecular flexibility index (Phi) is 19.3. The first-order valence-corrected chi connectivity index (χ1v) is 20.4. The molecule has 2 aromatic rings. The van der Waals surface area contributed by atoms with E-state index in [2.05, 4.69) is 42.8 Å². The van der Waals surface area contributed by atoms with Gasteiger partial charge in [0.2, 0.25) is 5.78 Å². The van der Waals surface area contributed by atoms with Gasteiger partial charge in [-0.3, -0.25) is 4.79 Å². The Balaban J connectivity index is 0.000000634. The third-order valence-corrected chi connectivity index (χ3v) is 11.6. The van der Waals surface area contributed by atoms with Crippen LogP contribution < -0.4 is 0 Å². The second kappa shape index (κ2) is 20.1. The van der Waals surface area contributed by atoms with Gasteiger partial charge in [-0.1, -0.05) is 48.5 Å². The van der Waals surface area contributed by atoms with Gasteiger partial charge < -0.3 is 19.3 Å². The summed E-state index contributed by atoms with van der Waals surface area (Å²) in [6.45, 7) is -2.70. The number of benzene rings is 2. The lowest BCUT2D eigenvalue weighted by molar-refractivity contribution is -0.168. The standard InChI is InChI=1S/C12H15OS.C8H11S.2C4H6F4O4S/c13-12(10-14-8-4-5-9-14)11-6-2-1-3-7-11;1-9(2)8-6-4-3-5-7-8;2*5-3(6,1-2-9)4(7,8)13(10,11)12/h1-3,6-7H,4-5,8-10H2;3-7H,1-2H3;2*9H,1-2H2,(H,10,11,12)/q2*+1;;/p-2. The van der Waals surface area contributed by atoms with Crippen LogP contribution in [0.4, 0.5) is 35.1 Å². The summed E-state index contributed by atoms with van der Waals surface area (Å²) in [5.41, 5.74) is 0.881. The van der Waals surface area contributed by atoms with E-state index in [1.54, 1.807) is 0 Å². The summed E-state index contributed by atoms with van der Waals surface area (Å²) in [6.07, 6.45) is 3.53. The first kappa shape index (κ1) is 47.0. The third kappa shape index (κ3) is 15.0. The maximum atomic E-state index is 12.2. The Bertz CT molecular complexity index is 1420. The van der Waals surface area contributed by atoms with Crippen LogP contribution in [0.2, 0.25) is 0 Å². The van der Waals surface area contributed by atoms with Crippen LogP contribution in [0.15, 0.2) is 65.6 Å². The number of rotatable bonds is 12. The molecule has 0 spiro atoms. The van der Waals surface area contributed by atoms with Gasteiger partial charge >= 0.3 is 22.4 Å². The van der Waals surface area contributed by atoms with Gasteiger partial charge in [-0.25, -0.2) is 16.8 Å². The van der Waals surface area contributed by atoms with Crippen molar-refractivity contribution in [3.05, 3.63) is 66.2 Å². The maximum absolute atomic E-state index is 12.2. The zero-order chi connectivity index (χ0) is 38.3. The molecule has 0 amide bonds. The van der Waals surface area contributed by atoms with Gasteiger partial charge in [-0.15, -0.1) is 0 Å². The molecular weight excluding hydrogens is 761 g/mol. The van der Waals surface area contributed by atoms with Crippen molar-refractivity contribution in [2.45, 2.75) is 52.9 Å². The Morgan fingerprint density at radius 1 is 0.714 bits per heavy atom. The van der Waals surface area contributed by atoms with Gasteiger partial charge in [-0.2, -0.15) is 35.1 Å². The van der Waals surface area contributed by atoms with Crippen molar-refractivity contribution < 1.29 is 76.1 Å². The van der Waals surface area contributed by atoms with Crippen molar-refractivity contribution in [3.63, 3.8) is 0 Å². The Morgan fingerprint density at radius 3 is 1.35 bits per heavy atom. The van der Waals surface area contributed by atoms with Crippen LogP contribution in [-0.4, -0.2) is 107 Å². The fraction of sp³-hybridized carbons (Fsp3) is 0.536. The summed E-state index contributed by atoms with van der Waals surface area (Å²) in [5, 5.41) is 4.46. The number of halogens is 8. The molecule has 21 heteroatoms. The van der Waals surface area contributed by atoms with Crippen LogP contribution in [-0.2, 0) is 42.0 Å². The minimum Gasteiger partial charge on any atom is -0.743 e. The highest BCUT2D eigenvalue weighted by Crippen LogP contribution is 2.41. The van der Waals surface area contributed by atoms with Crippen LogP contribution in [0, 0.1) is 0 Å². The second-order valence-corrected chi connectivity index (χ2v) is 17.4. The van der Waals surface area contributed by atoms with Crippen LogP contribution in [0.3, 0.4) is 0 Å². The highest BCUT2D eigenvalue weighted by molar-refractivity contribution is 7.97. The lowest BCUT2D eigenvalue weighted by atomic mass is 10.2. The van der Waals surface area contributed by atoms with E-state index in [4.69, 9.17) is 10.2 Å². The molecule has 9 nitrogen and oxygen atoms in total. The van der Waals surface area contributed by atoms with Crippen LogP contribution >= 0.6 is 0 Å². The smallest absolute Gasteiger partial charge is 0.396 e. The molecule has 0 saturated carbocycles. The normalized spacial score (nSPS) is 14.5. The molecule has 2 aromatic carbocycles. The molecule has 0 unspecified atom stereocenters. The molecule has 0 aromatic heterocycles. The van der Waals surface area contributed by atoms with Gasteiger partial charge in [-0.05, 0) is 35.9 Å². The van der Waals surface area contributed by atoms with Crippen molar-refractivity contribution in [2.75, 3.05) is 43.0 Å². The van der Waals surface area contributed by atoms with E-state index in [0.717, 1.165) is 11.3 Å². The van der Waals surface area contributed by atoms with Crippen molar-refractivity contribution in [1.29, 1.82) is 0 Å². The van der Waals surface area contributed by atoms with E-state index in [9.17, 15) is 65.9 Å². The second-order valence-electron chi connectivity index (χ2n) is 10.1. The SMILES string of the molecule is C[S+](C)c1ccccc1.O=C(C[S+]1CCCC1)c1ccccc1.O=S(=O)([O-])C(F)(F)C(F)(F)CCO.O=S(=O)([O-])C(F)(F)C(F)(F)CCO. The molecule has 1 fully saturated rings. The minimum atomic E-state index is -6.43. The highest BCUT2D eigenvalue weighted by Gasteiger charge is 2.61. The first-order valence-electron chi connectivity index (χ1n) is 13.8. The van der Waals surface area contributed by atoms with Crippen LogP contribution in [0.1, 0.15) is 36.0 Å². The number of carbonyl (C=O) groups excluding carboxylic acids is 1. The van der Waals surface area contributed by atoms with Gasteiger partial charge in [0.15, 0.2) is 30.9 Å².